The number of sulfone groups is 1. The van der Waals surface area contributed by atoms with Crippen LogP contribution in [0.15, 0.2) is 4.99 Å². The van der Waals surface area contributed by atoms with Crippen molar-refractivity contribution in [1.29, 1.82) is 0 Å². The van der Waals surface area contributed by atoms with Crippen LogP contribution in [0.5, 0.6) is 0 Å². The molecule has 142 valence electrons. The van der Waals surface area contributed by atoms with Gasteiger partial charge in [0.2, 0.25) is 0 Å². The normalized spacial score (nSPS) is 22.0. The molecule has 3 rings (SSSR count). The Morgan fingerprint density at radius 1 is 1.28 bits per heavy atom. The van der Waals surface area contributed by atoms with Gasteiger partial charge in [-0.2, -0.15) is 0 Å². The second kappa shape index (κ2) is 7.77. The van der Waals surface area contributed by atoms with Gasteiger partial charge in [0.15, 0.2) is 21.6 Å². The van der Waals surface area contributed by atoms with E-state index in [0.717, 1.165) is 31.0 Å². The lowest BCUT2D eigenvalue weighted by Crippen LogP contribution is -2.57. The van der Waals surface area contributed by atoms with Crippen LogP contribution in [0.2, 0.25) is 0 Å². The Morgan fingerprint density at radius 3 is 2.72 bits per heavy atom. The maximum absolute atomic E-state index is 12.2. The molecule has 0 aliphatic carbocycles. The predicted molar refractivity (Wildman–Crippen MR) is 108 cm³/mol. The van der Waals surface area contributed by atoms with Crippen molar-refractivity contribution in [2.45, 2.75) is 50.9 Å². The summed E-state index contributed by atoms with van der Waals surface area (Å²) in [6.45, 7) is 5.96. The average Bonchev–Trinajstić information content (AvgIpc) is 2.95. The van der Waals surface area contributed by atoms with E-state index < -0.39 is 14.6 Å². The van der Waals surface area contributed by atoms with E-state index in [1.807, 2.05) is 4.90 Å². The zero-order valence-electron chi connectivity index (χ0n) is 15.0. The maximum atomic E-state index is 12.2. The first-order chi connectivity index (χ1) is 11.3. The van der Waals surface area contributed by atoms with Crippen LogP contribution < -0.4 is 5.32 Å². The van der Waals surface area contributed by atoms with Crippen LogP contribution in [0.25, 0.3) is 0 Å². The van der Waals surface area contributed by atoms with Crippen molar-refractivity contribution in [2.75, 3.05) is 25.9 Å². The van der Waals surface area contributed by atoms with Gasteiger partial charge in [-0.15, -0.1) is 34.2 Å². The minimum atomic E-state index is -3.06. The van der Waals surface area contributed by atoms with Crippen LogP contribution >= 0.6 is 24.0 Å². The van der Waals surface area contributed by atoms with Crippen LogP contribution in [0.1, 0.15) is 38.3 Å². The number of nitrogens with zero attached hydrogens (tertiary/aromatic N) is 5. The number of aromatic nitrogens is 3. The Balaban J connectivity index is 0.00000225. The summed E-state index contributed by atoms with van der Waals surface area (Å²) in [5.74, 6) is 2.83. The SMILES string of the molecule is CN=C(NCc1nnc2n1CCCC2)N1CCS(=O)(=O)C(C)(C)C1.I. The molecule has 0 bridgehead atoms. The van der Waals surface area contributed by atoms with Crippen molar-refractivity contribution in [1.82, 2.24) is 25.0 Å². The second-order valence-corrected chi connectivity index (χ2v) is 9.79. The van der Waals surface area contributed by atoms with Gasteiger partial charge in [-0.3, -0.25) is 4.99 Å². The van der Waals surface area contributed by atoms with E-state index in [-0.39, 0.29) is 29.7 Å². The van der Waals surface area contributed by atoms with Crippen molar-refractivity contribution < 1.29 is 8.42 Å². The van der Waals surface area contributed by atoms with Gasteiger partial charge in [-0.05, 0) is 26.7 Å². The fourth-order valence-electron chi connectivity index (χ4n) is 3.31. The Morgan fingerprint density at radius 2 is 2.04 bits per heavy atom. The molecule has 0 unspecified atom stereocenters. The van der Waals surface area contributed by atoms with Crippen molar-refractivity contribution in [3.8, 4) is 0 Å². The Kier molecular flexibility index (Phi) is 6.34. The summed E-state index contributed by atoms with van der Waals surface area (Å²) in [4.78, 5) is 6.32. The van der Waals surface area contributed by atoms with Crippen LogP contribution in [0.3, 0.4) is 0 Å². The van der Waals surface area contributed by atoms with E-state index in [9.17, 15) is 8.42 Å². The van der Waals surface area contributed by atoms with E-state index in [2.05, 4.69) is 25.1 Å². The van der Waals surface area contributed by atoms with E-state index in [4.69, 9.17) is 0 Å². The zero-order valence-corrected chi connectivity index (χ0v) is 18.2. The summed E-state index contributed by atoms with van der Waals surface area (Å²) in [7, 11) is -1.34. The summed E-state index contributed by atoms with van der Waals surface area (Å²) in [6, 6.07) is 0. The summed E-state index contributed by atoms with van der Waals surface area (Å²) in [5.41, 5.74) is 0. The number of halogens is 1. The van der Waals surface area contributed by atoms with E-state index >= 15 is 0 Å². The molecule has 2 aliphatic rings. The van der Waals surface area contributed by atoms with Crippen molar-refractivity contribution in [3.05, 3.63) is 11.6 Å². The molecule has 1 aromatic heterocycles. The lowest BCUT2D eigenvalue weighted by molar-refractivity contribution is 0.352. The van der Waals surface area contributed by atoms with Gasteiger partial charge in [-0.25, -0.2) is 8.42 Å². The molecule has 0 radical (unpaired) electrons. The number of guanidine groups is 1. The molecule has 1 saturated heterocycles. The highest BCUT2D eigenvalue weighted by Crippen LogP contribution is 2.23. The van der Waals surface area contributed by atoms with Gasteiger partial charge in [0.1, 0.15) is 5.82 Å². The molecule has 25 heavy (non-hydrogen) atoms. The van der Waals surface area contributed by atoms with E-state index in [0.29, 0.717) is 25.6 Å². The molecule has 0 spiro atoms. The van der Waals surface area contributed by atoms with Gasteiger partial charge in [0.25, 0.3) is 0 Å². The molecule has 1 fully saturated rings. The molecular weight excluding hydrogens is 455 g/mol. The molecular formula is C15H27IN6O2S. The maximum Gasteiger partial charge on any atom is 0.194 e. The van der Waals surface area contributed by atoms with Crippen LogP contribution in [-0.4, -0.2) is 64.7 Å². The van der Waals surface area contributed by atoms with E-state index in [1.54, 1.807) is 20.9 Å². The highest BCUT2D eigenvalue weighted by atomic mass is 127. The molecule has 0 saturated carbocycles. The summed E-state index contributed by atoms with van der Waals surface area (Å²) >= 11 is 0. The third-order valence-corrected chi connectivity index (χ3v) is 7.43. The highest BCUT2D eigenvalue weighted by molar-refractivity contribution is 14.0. The largest absolute Gasteiger partial charge is 0.349 e. The number of fused-ring (bicyclic) bond motifs is 1. The van der Waals surface area contributed by atoms with Gasteiger partial charge >= 0.3 is 0 Å². The van der Waals surface area contributed by atoms with Gasteiger partial charge in [0.05, 0.1) is 17.0 Å². The van der Waals surface area contributed by atoms with Crippen molar-refractivity contribution in [3.63, 3.8) is 0 Å². The van der Waals surface area contributed by atoms with Crippen molar-refractivity contribution in [2.24, 2.45) is 4.99 Å². The van der Waals surface area contributed by atoms with Crippen LogP contribution in [0, 0.1) is 0 Å². The lowest BCUT2D eigenvalue weighted by atomic mass is 10.2. The molecule has 0 aromatic carbocycles. The Labute approximate surface area is 166 Å². The predicted octanol–water partition coefficient (Wildman–Crippen LogP) is 0.817. The second-order valence-electron chi connectivity index (χ2n) is 7.04. The minimum Gasteiger partial charge on any atom is -0.349 e. The molecule has 0 amide bonds. The van der Waals surface area contributed by atoms with Crippen LogP contribution in [0.4, 0.5) is 0 Å². The number of aliphatic imine (C=N–C) groups is 1. The van der Waals surface area contributed by atoms with Gasteiger partial charge in [-0.1, -0.05) is 0 Å². The van der Waals surface area contributed by atoms with Crippen LogP contribution in [-0.2, 0) is 29.3 Å². The Hall–Kier alpha value is -0.910. The third-order valence-electron chi connectivity index (χ3n) is 4.90. The standard InChI is InChI=1S/C15H26N6O2S.HI/c1-15(2)11-20(8-9-24(15,22)23)14(16-3)17-10-13-19-18-12-6-4-5-7-21(12)13;/h4-11H2,1-3H3,(H,16,17);1H. The van der Waals surface area contributed by atoms with Gasteiger partial charge < -0.3 is 14.8 Å². The first-order valence-electron chi connectivity index (χ1n) is 8.43. The highest BCUT2D eigenvalue weighted by Gasteiger charge is 2.41. The first-order valence-corrected chi connectivity index (χ1v) is 10.1. The molecule has 1 aromatic rings. The van der Waals surface area contributed by atoms with Crippen molar-refractivity contribution >= 4 is 39.8 Å². The zero-order chi connectivity index (χ0) is 17.4. The fourth-order valence-corrected chi connectivity index (χ4v) is 4.68. The third kappa shape index (κ3) is 4.09. The van der Waals surface area contributed by atoms with E-state index in [1.165, 1.54) is 6.42 Å². The smallest absolute Gasteiger partial charge is 0.194 e. The number of nitrogens with one attached hydrogen (secondary N) is 1. The molecule has 10 heteroatoms. The van der Waals surface area contributed by atoms with Gasteiger partial charge in [0, 0.05) is 33.1 Å². The first kappa shape index (κ1) is 20.4. The number of aryl methyl sites for hydroxylation is 1. The molecule has 2 aliphatic heterocycles. The fraction of sp³-hybridized carbons (Fsp3) is 0.800. The quantitative estimate of drug-likeness (QED) is 0.381. The molecule has 0 atom stereocenters. The Bertz CT molecular complexity index is 743. The minimum absolute atomic E-state index is 0. The molecule has 8 nitrogen and oxygen atoms in total. The number of rotatable bonds is 2. The number of hydrogen-bond donors (Lipinski definition) is 1. The molecule has 1 N–H and O–H groups in total. The number of hydrogen-bond acceptors (Lipinski definition) is 5. The summed E-state index contributed by atoms with van der Waals surface area (Å²) in [5, 5.41) is 11.9. The lowest BCUT2D eigenvalue weighted by Gasteiger charge is -2.39. The summed E-state index contributed by atoms with van der Waals surface area (Å²) < 4.78 is 25.7. The topological polar surface area (TPSA) is 92.5 Å². The average molecular weight is 482 g/mol. The monoisotopic (exact) mass is 482 g/mol. The molecule has 3 heterocycles. The summed E-state index contributed by atoms with van der Waals surface area (Å²) in [6.07, 6.45) is 3.31.